The summed E-state index contributed by atoms with van der Waals surface area (Å²) in [6.07, 6.45) is 3.20. The van der Waals surface area contributed by atoms with Crippen LogP contribution in [0.1, 0.15) is 25.0 Å². The molecule has 0 amide bonds. The van der Waals surface area contributed by atoms with E-state index in [1.165, 1.54) is 16.7 Å². The number of aliphatic hydroxyl groups excluding tert-OH is 1. The molecule has 0 aromatic heterocycles. The van der Waals surface area contributed by atoms with Gasteiger partial charge >= 0.3 is 0 Å². The lowest BCUT2D eigenvalue weighted by Gasteiger charge is -2.23. The van der Waals surface area contributed by atoms with E-state index in [0.717, 1.165) is 6.42 Å². The van der Waals surface area contributed by atoms with Gasteiger partial charge in [-0.15, -0.1) is 0 Å². The second-order valence-corrected chi connectivity index (χ2v) is 4.59. The highest BCUT2D eigenvalue weighted by molar-refractivity contribution is 5.64. The van der Waals surface area contributed by atoms with Crippen molar-refractivity contribution in [2.75, 3.05) is 6.61 Å². The summed E-state index contributed by atoms with van der Waals surface area (Å²) in [5, 5.41) is 9.29. The molecule has 74 valence electrons. The van der Waals surface area contributed by atoms with Crippen LogP contribution in [0.3, 0.4) is 0 Å². The molecule has 0 saturated heterocycles. The third-order valence-corrected chi connectivity index (χ3v) is 3.03. The lowest BCUT2D eigenvalue weighted by molar-refractivity contribution is 0.189. The highest BCUT2D eigenvalue weighted by Crippen LogP contribution is 2.36. The van der Waals surface area contributed by atoms with Crippen molar-refractivity contribution >= 4 is 6.08 Å². The Hall–Kier alpha value is -1.08. The average molecular weight is 188 g/mol. The molecule has 1 nitrogen and oxygen atoms in total. The molecule has 0 radical (unpaired) electrons. The lowest BCUT2D eigenvalue weighted by atomic mass is 9.84. The van der Waals surface area contributed by atoms with E-state index in [4.69, 9.17) is 0 Å². The van der Waals surface area contributed by atoms with E-state index < -0.39 is 0 Å². The zero-order valence-corrected chi connectivity index (χ0v) is 8.75. The van der Waals surface area contributed by atoms with Gasteiger partial charge in [0.25, 0.3) is 0 Å². The van der Waals surface area contributed by atoms with Crippen molar-refractivity contribution in [1.29, 1.82) is 0 Å². The fourth-order valence-electron chi connectivity index (χ4n) is 1.82. The summed E-state index contributed by atoms with van der Waals surface area (Å²) in [5.41, 5.74) is 3.94. The molecular weight excluding hydrogens is 172 g/mol. The van der Waals surface area contributed by atoms with Gasteiger partial charge in [-0.05, 0) is 17.5 Å². The molecule has 1 aliphatic carbocycles. The molecule has 1 heteroatoms. The molecule has 0 atom stereocenters. The molecule has 0 spiro atoms. The van der Waals surface area contributed by atoms with Crippen LogP contribution in [0, 0.1) is 5.41 Å². The van der Waals surface area contributed by atoms with E-state index in [9.17, 15) is 5.11 Å². The number of hydrogen-bond acceptors (Lipinski definition) is 1. The highest BCUT2D eigenvalue weighted by atomic mass is 16.3. The topological polar surface area (TPSA) is 20.2 Å². The summed E-state index contributed by atoms with van der Waals surface area (Å²) in [7, 11) is 0. The van der Waals surface area contributed by atoms with Crippen molar-refractivity contribution in [3.05, 3.63) is 41.0 Å². The molecule has 0 fully saturated rings. The predicted octanol–water partition coefficient (Wildman–Crippen LogP) is 2.64. The van der Waals surface area contributed by atoms with Gasteiger partial charge in [-0.1, -0.05) is 49.8 Å². The second-order valence-electron chi connectivity index (χ2n) is 4.59. The van der Waals surface area contributed by atoms with Crippen molar-refractivity contribution in [3.63, 3.8) is 0 Å². The van der Waals surface area contributed by atoms with E-state index in [-0.39, 0.29) is 12.0 Å². The largest absolute Gasteiger partial charge is 0.395 e. The van der Waals surface area contributed by atoms with E-state index in [0.29, 0.717) is 0 Å². The molecule has 1 aromatic rings. The Morgan fingerprint density at radius 2 is 2.00 bits per heavy atom. The first kappa shape index (κ1) is 9.47. The Morgan fingerprint density at radius 1 is 1.29 bits per heavy atom. The van der Waals surface area contributed by atoms with Crippen LogP contribution in [-0.4, -0.2) is 11.7 Å². The molecule has 0 bridgehead atoms. The fraction of sp³-hybridized carbons (Fsp3) is 0.385. The van der Waals surface area contributed by atoms with Gasteiger partial charge in [0.1, 0.15) is 0 Å². The highest BCUT2D eigenvalue weighted by Gasteiger charge is 2.26. The van der Waals surface area contributed by atoms with Gasteiger partial charge < -0.3 is 5.11 Å². The van der Waals surface area contributed by atoms with Crippen LogP contribution < -0.4 is 0 Å². The van der Waals surface area contributed by atoms with Crippen LogP contribution in [-0.2, 0) is 6.42 Å². The van der Waals surface area contributed by atoms with Gasteiger partial charge in [0.2, 0.25) is 0 Å². The molecule has 0 unspecified atom stereocenters. The zero-order chi connectivity index (χ0) is 10.2. The lowest BCUT2D eigenvalue weighted by Crippen LogP contribution is -2.19. The number of aliphatic hydroxyl groups is 1. The molecule has 0 aliphatic heterocycles. The number of fused-ring (bicyclic) bond motifs is 1. The first-order valence-corrected chi connectivity index (χ1v) is 5.03. The van der Waals surface area contributed by atoms with Crippen molar-refractivity contribution in [1.82, 2.24) is 0 Å². The molecule has 2 rings (SSSR count). The summed E-state index contributed by atoms with van der Waals surface area (Å²) in [6, 6.07) is 8.42. The smallest absolute Gasteiger partial charge is 0.0519 e. The van der Waals surface area contributed by atoms with Gasteiger partial charge in [0.05, 0.1) is 6.61 Å². The molecule has 0 heterocycles. The van der Waals surface area contributed by atoms with Crippen LogP contribution in [0.5, 0.6) is 0 Å². The number of hydrogen-bond donors (Lipinski definition) is 1. The van der Waals surface area contributed by atoms with Gasteiger partial charge in [-0.3, -0.25) is 0 Å². The summed E-state index contributed by atoms with van der Waals surface area (Å²) in [5.74, 6) is 0. The van der Waals surface area contributed by atoms with E-state index in [1.54, 1.807) is 0 Å². The fourth-order valence-corrected chi connectivity index (χ4v) is 1.82. The molecule has 1 N–H and O–H groups in total. The van der Waals surface area contributed by atoms with Gasteiger partial charge in [-0.25, -0.2) is 0 Å². The van der Waals surface area contributed by atoms with Crippen LogP contribution in [0.15, 0.2) is 29.8 Å². The van der Waals surface area contributed by atoms with Crippen molar-refractivity contribution in [2.45, 2.75) is 20.3 Å². The third kappa shape index (κ3) is 1.48. The van der Waals surface area contributed by atoms with Crippen LogP contribution in [0.2, 0.25) is 0 Å². The van der Waals surface area contributed by atoms with Gasteiger partial charge in [-0.2, -0.15) is 0 Å². The Morgan fingerprint density at radius 3 is 2.64 bits per heavy atom. The van der Waals surface area contributed by atoms with Gasteiger partial charge in [0, 0.05) is 5.41 Å². The van der Waals surface area contributed by atoms with Gasteiger partial charge in [0.15, 0.2) is 0 Å². The minimum Gasteiger partial charge on any atom is -0.395 e. The van der Waals surface area contributed by atoms with E-state index >= 15 is 0 Å². The molecule has 1 aliphatic rings. The minimum absolute atomic E-state index is 0.0843. The standard InChI is InChI=1S/C13H16O/c1-13(2,9-14)12-7-10-5-3-4-6-11(10)8-12/h3-7,14H,8-9H2,1-2H3. The third-order valence-electron chi connectivity index (χ3n) is 3.03. The molecular formula is C13H16O. The summed E-state index contributed by atoms with van der Waals surface area (Å²) in [6.45, 7) is 4.39. The Bertz CT molecular complexity index is 375. The van der Waals surface area contributed by atoms with Crippen LogP contribution in [0.4, 0.5) is 0 Å². The predicted molar refractivity (Wildman–Crippen MR) is 59.0 cm³/mol. The second kappa shape index (κ2) is 3.25. The maximum Gasteiger partial charge on any atom is 0.0519 e. The van der Waals surface area contributed by atoms with Crippen molar-refractivity contribution < 1.29 is 5.11 Å². The maximum atomic E-state index is 9.29. The van der Waals surface area contributed by atoms with Crippen LogP contribution >= 0.6 is 0 Å². The summed E-state index contributed by atoms with van der Waals surface area (Å²) >= 11 is 0. The first-order chi connectivity index (χ1) is 6.63. The summed E-state index contributed by atoms with van der Waals surface area (Å²) in [4.78, 5) is 0. The molecule has 14 heavy (non-hydrogen) atoms. The Kier molecular flexibility index (Phi) is 2.20. The molecule has 1 aromatic carbocycles. The first-order valence-electron chi connectivity index (χ1n) is 5.03. The maximum absolute atomic E-state index is 9.29. The quantitative estimate of drug-likeness (QED) is 0.756. The van der Waals surface area contributed by atoms with Crippen LogP contribution in [0.25, 0.3) is 6.08 Å². The van der Waals surface area contributed by atoms with E-state index in [1.807, 2.05) is 0 Å². The minimum atomic E-state index is -0.0843. The SMILES string of the molecule is CC(C)(CO)C1=Cc2ccccc2C1. The average Bonchev–Trinajstić information content (AvgIpc) is 2.61. The number of benzene rings is 1. The Labute approximate surface area is 85.1 Å². The zero-order valence-electron chi connectivity index (χ0n) is 8.75. The molecule has 0 saturated carbocycles. The number of rotatable bonds is 2. The monoisotopic (exact) mass is 188 g/mol. The Balaban J connectivity index is 2.32. The van der Waals surface area contributed by atoms with Crippen molar-refractivity contribution in [2.24, 2.45) is 5.41 Å². The van der Waals surface area contributed by atoms with Crippen molar-refractivity contribution in [3.8, 4) is 0 Å². The normalized spacial score (nSPS) is 15.2. The van der Waals surface area contributed by atoms with E-state index in [2.05, 4.69) is 44.2 Å². The summed E-state index contributed by atoms with van der Waals surface area (Å²) < 4.78 is 0.